The quantitative estimate of drug-likeness (QED) is 0.439. The predicted molar refractivity (Wildman–Crippen MR) is 87.4 cm³/mol. The standard InChI is InChI=1S/C13H19N3O5S.ClH/c17-16(18)12-3-1-4-13(11-12)22(19,20)14-5-2-6-15-7-9-21-10-8-15;/h1,3-4,11,14H,2,5-10H2;1H. The molecule has 1 saturated heterocycles. The maximum Gasteiger partial charge on any atom is 0.270 e. The van der Waals surface area contributed by atoms with Crippen LogP contribution >= 0.6 is 12.4 Å². The summed E-state index contributed by atoms with van der Waals surface area (Å²) in [5.41, 5.74) is -0.240. The molecular formula is C13H20ClN3O5S. The monoisotopic (exact) mass is 365 g/mol. The maximum absolute atomic E-state index is 12.1. The molecule has 0 atom stereocenters. The van der Waals surface area contributed by atoms with Gasteiger partial charge < -0.3 is 4.74 Å². The second-order valence-electron chi connectivity index (χ2n) is 4.96. The molecule has 2 rings (SSSR count). The van der Waals surface area contributed by atoms with E-state index >= 15 is 0 Å². The fraction of sp³-hybridized carbons (Fsp3) is 0.538. The third kappa shape index (κ3) is 6.04. The van der Waals surface area contributed by atoms with Gasteiger partial charge in [0.2, 0.25) is 10.0 Å². The maximum atomic E-state index is 12.1. The van der Waals surface area contributed by atoms with E-state index in [-0.39, 0.29) is 23.0 Å². The van der Waals surface area contributed by atoms with Crippen molar-refractivity contribution in [2.24, 2.45) is 0 Å². The molecule has 1 aromatic rings. The number of hydrogen-bond donors (Lipinski definition) is 1. The van der Waals surface area contributed by atoms with Crippen molar-refractivity contribution < 1.29 is 18.1 Å². The van der Waals surface area contributed by atoms with Crippen LogP contribution in [0, 0.1) is 10.1 Å². The number of nitrogens with one attached hydrogen (secondary N) is 1. The van der Waals surface area contributed by atoms with Gasteiger partial charge in [-0.15, -0.1) is 12.4 Å². The Kier molecular flexibility index (Phi) is 7.86. The van der Waals surface area contributed by atoms with Crippen LogP contribution in [-0.4, -0.2) is 57.6 Å². The molecule has 1 aromatic carbocycles. The fourth-order valence-corrected chi connectivity index (χ4v) is 3.29. The Morgan fingerprint density at radius 2 is 2.00 bits per heavy atom. The number of ether oxygens (including phenoxy) is 1. The van der Waals surface area contributed by atoms with Gasteiger partial charge >= 0.3 is 0 Å². The lowest BCUT2D eigenvalue weighted by atomic mass is 10.3. The summed E-state index contributed by atoms with van der Waals surface area (Å²) in [6, 6.07) is 5.03. The minimum absolute atomic E-state index is 0. The molecule has 1 fully saturated rings. The van der Waals surface area contributed by atoms with Gasteiger partial charge in [-0.05, 0) is 19.0 Å². The summed E-state index contributed by atoms with van der Waals surface area (Å²) in [5.74, 6) is 0. The highest BCUT2D eigenvalue weighted by Crippen LogP contribution is 2.17. The van der Waals surface area contributed by atoms with E-state index < -0.39 is 14.9 Å². The smallest absolute Gasteiger partial charge is 0.270 e. The second kappa shape index (κ2) is 9.14. The van der Waals surface area contributed by atoms with Gasteiger partial charge in [-0.2, -0.15) is 0 Å². The highest BCUT2D eigenvalue weighted by molar-refractivity contribution is 7.89. The normalized spacial score (nSPS) is 15.8. The van der Waals surface area contributed by atoms with Crippen LogP contribution in [-0.2, 0) is 14.8 Å². The van der Waals surface area contributed by atoms with Crippen molar-refractivity contribution in [3.05, 3.63) is 34.4 Å². The second-order valence-corrected chi connectivity index (χ2v) is 6.73. The molecule has 10 heteroatoms. The van der Waals surface area contributed by atoms with E-state index in [0.29, 0.717) is 26.2 Å². The van der Waals surface area contributed by atoms with E-state index in [4.69, 9.17) is 4.74 Å². The molecule has 1 N–H and O–H groups in total. The molecule has 1 aliphatic rings. The first kappa shape index (κ1) is 19.8. The van der Waals surface area contributed by atoms with Crippen molar-refractivity contribution >= 4 is 28.1 Å². The van der Waals surface area contributed by atoms with Gasteiger partial charge in [-0.25, -0.2) is 13.1 Å². The Morgan fingerprint density at radius 1 is 1.30 bits per heavy atom. The van der Waals surface area contributed by atoms with E-state index in [0.717, 1.165) is 25.7 Å². The van der Waals surface area contributed by atoms with E-state index in [9.17, 15) is 18.5 Å². The van der Waals surface area contributed by atoms with E-state index in [1.165, 1.54) is 18.2 Å². The Hall–Kier alpha value is -1.26. The number of sulfonamides is 1. The van der Waals surface area contributed by atoms with Crippen LogP contribution in [0.3, 0.4) is 0 Å². The van der Waals surface area contributed by atoms with Gasteiger partial charge in [-0.1, -0.05) is 6.07 Å². The van der Waals surface area contributed by atoms with Crippen LogP contribution in [0.1, 0.15) is 6.42 Å². The fourth-order valence-electron chi connectivity index (χ4n) is 2.18. The van der Waals surface area contributed by atoms with Crippen LogP contribution in [0.5, 0.6) is 0 Å². The number of non-ortho nitro benzene ring substituents is 1. The molecule has 0 unspecified atom stereocenters. The molecule has 130 valence electrons. The zero-order chi connectivity index (χ0) is 16.0. The summed E-state index contributed by atoms with van der Waals surface area (Å²) in [7, 11) is -3.72. The van der Waals surface area contributed by atoms with E-state index in [1.54, 1.807) is 0 Å². The molecule has 0 radical (unpaired) electrons. The molecule has 0 bridgehead atoms. The number of nitro benzene ring substituents is 1. The van der Waals surface area contributed by atoms with Gasteiger partial charge in [0, 0.05) is 31.8 Å². The third-order valence-corrected chi connectivity index (χ3v) is 4.84. The van der Waals surface area contributed by atoms with Crippen LogP contribution in [0.25, 0.3) is 0 Å². The lowest BCUT2D eigenvalue weighted by Crippen LogP contribution is -2.38. The number of nitro groups is 1. The van der Waals surface area contributed by atoms with Crippen molar-refractivity contribution in [3.8, 4) is 0 Å². The van der Waals surface area contributed by atoms with Gasteiger partial charge in [0.05, 0.1) is 23.0 Å². The lowest BCUT2D eigenvalue weighted by Gasteiger charge is -2.26. The summed E-state index contributed by atoms with van der Waals surface area (Å²) in [6.07, 6.45) is 0.675. The molecule has 0 amide bonds. The number of benzene rings is 1. The van der Waals surface area contributed by atoms with Gasteiger partial charge in [0.25, 0.3) is 5.69 Å². The van der Waals surface area contributed by atoms with Crippen molar-refractivity contribution in [1.29, 1.82) is 0 Å². The Morgan fingerprint density at radius 3 is 2.65 bits per heavy atom. The Bertz CT molecular complexity index is 620. The first-order valence-corrected chi connectivity index (χ1v) is 8.51. The zero-order valence-electron chi connectivity index (χ0n) is 12.5. The Labute approximate surface area is 141 Å². The first-order chi connectivity index (χ1) is 10.5. The predicted octanol–water partition coefficient (Wildman–Crippen LogP) is 1.02. The molecule has 0 aliphatic carbocycles. The van der Waals surface area contributed by atoms with Crippen LogP contribution in [0.4, 0.5) is 5.69 Å². The summed E-state index contributed by atoms with van der Waals surface area (Å²) in [6.45, 7) is 4.22. The summed E-state index contributed by atoms with van der Waals surface area (Å²) >= 11 is 0. The van der Waals surface area contributed by atoms with Crippen LogP contribution in [0.2, 0.25) is 0 Å². The van der Waals surface area contributed by atoms with E-state index in [2.05, 4.69) is 9.62 Å². The minimum Gasteiger partial charge on any atom is -0.379 e. The number of nitrogens with zero attached hydrogens (tertiary/aromatic N) is 2. The average Bonchev–Trinajstić information content (AvgIpc) is 2.53. The van der Waals surface area contributed by atoms with E-state index in [1.807, 2.05) is 0 Å². The van der Waals surface area contributed by atoms with Gasteiger partial charge in [0.1, 0.15) is 0 Å². The minimum atomic E-state index is -3.72. The molecule has 23 heavy (non-hydrogen) atoms. The molecule has 0 saturated carbocycles. The van der Waals surface area contributed by atoms with Gasteiger partial charge in [0.15, 0.2) is 0 Å². The molecule has 1 aliphatic heterocycles. The van der Waals surface area contributed by atoms with Crippen LogP contribution < -0.4 is 4.72 Å². The summed E-state index contributed by atoms with van der Waals surface area (Å²) in [4.78, 5) is 12.2. The number of morpholine rings is 1. The van der Waals surface area contributed by atoms with Crippen molar-refractivity contribution in [2.45, 2.75) is 11.3 Å². The Balaban J connectivity index is 0.00000264. The van der Waals surface area contributed by atoms with Crippen molar-refractivity contribution in [3.63, 3.8) is 0 Å². The zero-order valence-corrected chi connectivity index (χ0v) is 14.1. The summed E-state index contributed by atoms with van der Waals surface area (Å²) < 4.78 is 31.9. The first-order valence-electron chi connectivity index (χ1n) is 7.03. The number of rotatable bonds is 7. The third-order valence-electron chi connectivity index (χ3n) is 3.39. The highest BCUT2D eigenvalue weighted by atomic mass is 35.5. The number of hydrogen-bond acceptors (Lipinski definition) is 6. The lowest BCUT2D eigenvalue weighted by molar-refractivity contribution is -0.385. The SMILES string of the molecule is Cl.O=[N+]([O-])c1cccc(S(=O)(=O)NCCCN2CCOCC2)c1. The molecular weight excluding hydrogens is 346 g/mol. The molecule has 8 nitrogen and oxygen atoms in total. The largest absolute Gasteiger partial charge is 0.379 e. The van der Waals surface area contributed by atoms with Gasteiger partial charge in [-0.3, -0.25) is 15.0 Å². The average molecular weight is 366 g/mol. The molecule has 0 aromatic heterocycles. The van der Waals surface area contributed by atoms with Crippen molar-refractivity contribution in [1.82, 2.24) is 9.62 Å². The van der Waals surface area contributed by atoms with Crippen molar-refractivity contribution in [2.75, 3.05) is 39.4 Å². The summed E-state index contributed by atoms with van der Waals surface area (Å²) in [5, 5.41) is 10.7. The van der Waals surface area contributed by atoms with Crippen LogP contribution in [0.15, 0.2) is 29.2 Å². The molecule has 0 spiro atoms. The number of halogens is 1. The topological polar surface area (TPSA) is 102 Å². The molecule has 1 heterocycles. The highest BCUT2D eigenvalue weighted by Gasteiger charge is 2.17.